The Balaban J connectivity index is 2.86. The molecule has 3 nitrogen and oxygen atoms in total. The number of aromatic nitrogens is 1. The van der Waals surface area contributed by atoms with Crippen molar-refractivity contribution >= 4 is 22.3 Å². The third kappa shape index (κ3) is 2.79. The van der Waals surface area contributed by atoms with Crippen molar-refractivity contribution in [3.63, 3.8) is 0 Å². The van der Waals surface area contributed by atoms with E-state index in [1.165, 1.54) is 6.20 Å². The van der Waals surface area contributed by atoms with Gasteiger partial charge < -0.3 is 0 Å². The van der Waals surface area contributed by atoms with Gasteiger partial charge in [-0.1, -0.05) is 6.07 Å². The first-order chi connectivity index (χ1) is 5.72. The minimum atomic E-state index is -2.38. The molecule has 1 aromatic rings. The van der Waals surface area contributed by atoms with E-state index in [0.717, 1.165) is 5.56 Å². The highest BCUT2D eigenvalue weighted by Gasteiger charge is 1.96. The SMILES string of the molecule is O=[SH](=O)Cc1cncc(CCl)c1. The Bertz CT molecular complexity index is 330. The average molecular weight is 206 g/mol. The number of rotatable bonds is 3. The van der Waals surface area contributed by atoms with E-state index in [0.29, 0.717) is 11.4 Å². The first-order valence-electron chi connectivity index (χ1n) is 3.33. The molecule has 0 unspecified atom stereocenters. The third-order valence-corrected chi connectivity index (χ3v) is 2.25. The van der Waals surface area contributed by atoms with Gasteiger partial charge in [0.1, 0.15) is 10.7 Å². The van der Waals surface area contributed by atoms with Crippen LogP contribution < -0.4 is 0 Å². The smallest absolute Gasteiger partial charge is 0.144 e. The molecule has 0 amide bonds. The first kappa shape index (κ1) is 9.48. The molecule has 1 heterocycles. The topological polar surface area (TPSA) is 47.0 Å². The normalized spacial score (nSPS) is 10.5. The lowest BCUT2D eigenvalue weighted by Gasteiger charge is -1.96. The molecule has 5 heteroatoms. The summed E-state index contributed by atoms with van der Waals surface area (Å²) in [5, 5.41) is 0. The monoisotopic (exact) mass is 205 g/mol. The second kappa shape index (κ2) is 4.42. The van der Waals surface area contributed by atoms with Crippen molar-refractivity contribution in [3.8, 4) is 0 Å². The van der Waals surface area contributed by atoms with Crippen molar-refractivity contribution < 1.29 is 8.42 Å². The summed E-state index contributed by atoms with van der Waals surface area (Å²) < 4.78 is 20.7. The van der Waals surface area contributed by atoms with Crippen LogP contribution >= 0.6 is 11.6 Å². The van der Waals surface area contributed by atoms with Gasteiger partial charge in [0, 0.05) is 18.3 Å². The number of thiol groups is 1. The van der Waals surface area contributed by atoms with Crippen LogP contribution in [0.4, 0.5) is 0 Å². The molecule has 66 valence electrons. The van der Waals surface area contributed by atoms with Gasteiger partial charge in [0.05, 0.1) is 5.75 Å². The first-order valence-corrected chi connectivity index (χ1v) is 5.22. The fourth-order valence-corrected chi connectivity index (χ4v) is 1.47. The third-order valence-electron chi connectivity index (χ3n) is 1.32. The number of hydrogen-bond donors (Lipinski definition) is 1. The van der Waals surface area contributed by atoms with Crippen molar-refractivity contribution in [2.24, 2.45) is 0 Å². The van der Waals surface area contributed by atoms with E-state index in [-0.39, 0.29) is 5.75 Å². The van der Waals surface area contributed by atoms with E-state index in [9.17, 15) is 8.42 Å². The van der Waals surface area contributed by atoms with Gasteiger partial charge in [0.15, 0.2) is 0 Å². The molecule has 0 spiro atoms. The Kier molecular flexibility index (Phi) is 3.49. The fraction of sp³-hybridized carbons (Fsp3) is 0.286. The minimum absolute atomic E-state index is 0.0348. The van der Waals surface area contributed by atoms with Crippen molar-refractivity contribution in [2.75, 3.05) is 0 Å². The molecule has 0 saturated heterocycles. The molecular formula is C7H8ClNO2S. The number of alkyl halides is 1. The second-order valence-corrected chi connectivity index (χ2v) is 3.57. The van der Waals surface area contributed by atoms with Crippen LogP contribution in [0.3, 0.4) is 0 Å². The van der Waals surface area contributed by atoms with E-state index >= 15 is 0 Å². The number of pyridine rings is 1. The predicted molar refractivity (Wildman–Crippen MR) is 47.8 cm³/mol. The lowest BCUT2D eigenvalue weighted by molar-refractivity contribution is 0.614. The van der Waals surface area contributed by atoms with Crippen LogP contribution in [0.1, 0.15) is 11.1 Å². The van der Waals surface area contributed by atoms with Gasteiger partial charge in [-0.2, -0.15) is 0 Å². The highest BCUT2D eigenvalue weighted by molar-refractivity contribution is 7.71. The van der Waals surface area contributed by atoms with Crippen LogP contribution in [0, 0.1) is 0 Å². The molecule has 12 heavy (non-hydrogen) atoms. The average Bonchev–Trinajstić information content (AvgIpc) is 2.03. The molecular weight excluding hydrogens is 198 g/mol. The molecule has 0 N–H and O–H groups in total. The minimum Gasteiger partial charge on any atom is -0.264 e. The Labute approximate surface area is 77.3 Å². The highest BCUT2D eigenvalue weighted by atomic mass is 35.5. The molecule has 0 aliphatic rings. The predicted octanol–water partition coefficient (Wildman–Crippen LogP) is 0.932. The molecule has 0 radical (unpaired) electrons. The molecule has 1 rings (SSSR count). The standard InChI is InChI=1S/C7H8ClNO2S/c8-2-6-1-7(4-9-3-6)5-12(10)11/h1,3-4,12H,2,5H2. The van der Waals surface area contributed by atoms with E-state index in [2.05, 4.69) is 4.98 Å². The van der Waals surface area contributed by atoms with Crippen LogP contribution in [0.15, 0.2) is 18.5 Å². The highest BCUT2D eigenvalue weighted by Crippen LogP contribution is 2.05. The number of hydrogen-bond acceptors (Lipinski definition) is 3. The summed E-state index contributed by atoms with van der Waals surface area (Å²) in [4.78, 5) is 3.86. The second-order valence-electron chi connectivity index (χ2n) is 2.33. The maximum atomic E-state index is 10.3. The Morgan fingerprint density at radius 1 is 1.33 bits per heavy atom. The largest absolute Gasteiger partial charge is 0.264 e. The van der Waals surface area contributed by atoms with E-state index in [4.69, 9.17) is 11.6 Å². The van der Waals surface area contributed by atoms with E-state index < -0.39 is 10.7 Å². The fourth-order valence-electron chi connectivity index (χ4n) is 0.850. The number of nitrogens with zero attached hydrogens (tertiary/aromatic N) is 1. The Morgan fingerprint density at radius 2 is 2.00 bits per heavy atom. The lowest BCUT2D eigenvalue weighted by atomic mass is 10.2. The summed E-state index contributed by atoms with van der Waals surface area (Å²) in [6, 6.07) is 1.74. The van der Waals surface area contributed by atoms with Gasteiger partial charge in [-0.05, 0) is 11.1 Å². The van der Waals surface area contributed by atoms with Gasteiger partial charge in [-0.25, -0.2) is 8.42 Å². The lowest BCUT2D eigenvalue weighted by Crippen LogP contribution is -1.90. The molecule has 0 aromatic carbocycles. The zero-order valence-electron chi connectivity index (χ0n) is 6.24. The van der Waals surface area contributed by atoms with Gasteiger partial charge in [-0.15, -0.1) is 11.6 Å². The zero-order chi connectivity index (χ0) is 8.97. The summed E-state index contributed by atoms with van der Waals surface area (Å²) in [5.41, 5.74) is 1.52. The van der Waals surface area contributed by atoms with Gasteiger partial charge >= 0.3 is 0 Å². The van der Waals surface area contributed by atoms with Crippen molar-refractivity contribution in [2.45, 2.75) is 11.6 Å². The maximum absolute atomic E-state index is 10.3. The quantitative estimate of drug-likeness (QED) is 0.590. The summed E-state index contributed by atoms with van der Waals surface area (Å²) in [6.07, 6.45) is 3.15. The van der Waals surface area contributed by atoms with Crippen LogP contribution in [-0.2, 0) is 22.3 Å². The Hall–Kier alpha value is -0.610. The molecule has 1 aromatic heterocycles. The molecule has 0 saturated carbocycles. The zero-order valence-corrected chi connectivity index (χ0v) is 7.89. The molecule has 0 bridgehead atoms. The molecule has 0 aliphatic carbocycles. The summed E-state index contributed by atoms with van der Waals surface area (Å²) in [7, 11) is -2.38. The molecule has 0 fully saturated rings. The van der Waals surface area contributed by atoms with Gasteiger partial charge in [0.25, 0.3) is 0 Å². The Morgan fingerprint density at radius 3 is 2.58 bits per heavy atom. The van der Waals surface area contributed by atoms with E-state index in [1.54, 1.807) is 12.3 Å². The van der Waals surface area contributed by atoms with Crippen LogP contribution in [-0.4, -0.2) is 13.4 Å². The van der Waals surface area contributed by atoms with Gasteiger partial charge in [-0.3, -0.25) is 4.98 Å². The van der Waals surface area contributed by atoms with Crippen molar-refractivity contribution in [1.29, 1.82) is 0 Å². The van der Waals surface area contributed by atoms with Crippen molar-refractivity contribution in [3.05, 3.63) is 29.6 Å². The van der Waals surface area contributed by atoms with Crippen LogP contribution in [0.5, 0.6) is 0 Å². The number of halogens is 1. The summed E-state index contributed by atoms with van der Waals surface area (Å²) in [5.74, 6) is 0.392. The summed E-state index contributed by atoms with van der Waals surface area (Å²) in [6.45, 7) is 0. The van der Waals surface area contributed by atoms with E-state index in [1.807, 2.05) is 0 Å². The maximum Gasteiger partial charge on any atom is 0.144 e. The van der Waals surface area contributed by atoms with Crippen LogP contribution in [0.25, 0.3) is 0 Å². The molecule has 0 atom stereocenters. The molecule has 0 aliphatic heterocycles. The summed E-state index contributed by atoms with van der Waals surface area (Å²) >= 11 is 5.54. The van der Waals surface area contributed by atoms with Crippen molar-refractivity contribution in [1.82, 2.24) is 4.98 Å². The van der Waals surface area contributed by atoms with Gasteiger partial charge in [0.2, 0.25) is 0 Å². The van der Waals surface area contributed by atoms with Crippen LogP contribution in [0.2, 0.25) is 0 Å².